The van der Waals surface area contributed by atoms with Crippen molar-refractivity contribution in [3.8, 4) is 0 Å². The summed E-state index contributed by atoms with van der Waals surface area (Å²) in [5, 5.41) is 12.2. The van der Waals surface area contributed by atoms with Gasteiger partial charge in [0.15, 0.2) is 0 Å². The predicted molar refractivity (Wildman–Crippen MR) is 83.4 cm³/mol. The van der Waals surface area contributed by atoms with E-state index in [4.69, 9.17) is 0 Å². The van der Waals surface area contributed by atoms with Crippen LogP contribution < -0.4 is 5.32 Å². The number of thiophene rings is 1. The van der Waals surface area contributed by atoms with E-state index in [2.05, 4.69) is 24.4 Å². The van der Waals surface area contributed by atoms with E-state index in [0.29, 0.717) is 12.8 Å². The molecular weight excluding hydrogens is 286 g/mol. The minimum absolute atomic E-state index is 0.0101. The van der Waals surface area contributed by atoms with Crippen LogP contribution >= 0.6 is 11.3 Å². The lowest BCUT2D eigenvalue weighted by Crippen LogP contribution is -2.43. The number of carbonyl (C=O) groups excluding carboxylic acids is 1. The van der Waals surface area contributed by atoms with Crippen LogP contribution in [0.5, 0.6) is 0 Å². The standard InChI is InChI=1S/C16H21NO3S/c1-10(9-12-8-7-11(2)21-12)17-15(18)13-5-3-4-6-14(13)16(19)20/h3-4,7-8,10,13-14H,5-6,9H2,1-2H3,(H,17,18)(H,19,20)/t10?,13-,14+/m1/s1. The molecule has 1 aliphatic carbocycles. The van der Waals surface area contributed by atoms with Gasteiger partial charge in [-0.25, -0.2) is 0 Å². The van der Waals surface area contributed by atoms with Crippen LogP contribution in [0.4, 0.5) is 0 Å². The number of carboxylic acids is 1. The zero-order valence-electron chi connectivity index (χ0n) is 12.3. The monoisotopic (exact) mass is 307 g/mol. The number of allylic oxidation sites excluding steroid dienone is 2. The number of nitrogens with one attached hydrogen (secondary N) is 1. The first-order valence-electron chi connectivity index (χ1n) is 7.21. The van der Waals surface area contributed by atoms with E-state index in [0.717, 1.165) is 6.42 Å². The van der Waals surface area contributed by atoms with Crippen molar-refractivity contribution in [1.29, 1.82) is 0 Å². The summed E-state index contributed by atoms with van der Waals surface area (Å²) in [5.74, 6) is -2.10. The highest BCUT2D eigenvalue weighted by Crippen LogP contribution is 2.26. The molecule has 0 aromatic carbocycles. The molecule has 0 spiro atoms. The topological polar surface area (TPSA) is 66.4 Å². The number of hydrogen-bond acceptors (Lipinski definition) is 3. The van der Waals surface area contributed by atoms with Gasteiger partial charge in [0.2, 0.25) is 5.91 Å². The summed E-state index contributed by atoms with van der Waals surface area (Å²) in [4.78, 5) is 26.0. The lowest BCUT2D eigenvalue weighted by Gasteiger charge is -2.25. The fourth-order valence-electron chi connectivity index (χ4n) is 2.67. The summed E-state index contributed by atoms with van der Waals surface area (Å²) >= 11 is 1.73. The molecule has 5 heteroatoms. The van der Waals surface area contributed by atoms with Crippen molar-refractivity contribution >= 4 is 23.2 Å². The molecule has 2 rings (SSSR count). The first kappa shape index (κ1) is 15.8. The lowest BCUT2D eigenvalue weighted by atomic mass is 9.82. The van der Waals surface area contributed by atoms with Gasteiger partial charge in [0.25, 0.3) is 0 Å². The third kappa shape index (κ3) is 4.17. The minimum Gasteiger partial charge on any atom is -0.481 e. The van der Waals surface area contributed by atoms with Crippen molar-refractivity contribution in [2.75, 3.05) is 0 Å². The highest BCUT2D eigenvalue weighted by molar-refractivity contribution is 7.11. The molecule has 0 aliphatic heterocycles. The highest BCUT2D eigenvalue weighted by Gasteiger charge is 2.34. The van der Waals surface area contributed by atoms with Gasteiger partial charge in [0, 0.05) is 22.2 Å². The number of carbonyl (C=O) groups is 2. The van der Waals surface area contributed by atoms with E-state index >= 15 is 0 Å². The highest BCUT2D eigenvalue weighted by atomic mass is 32.1. The third-order valence-electron chi connectivity index (χ3n) is 3.78. The summed E-state index contributed by atoms with van der Waals surface area (Å²) < 4.78 is 0. The molecule has 1 heterocycles. The second-order valence-electron chi connectivity index (χ2n) is 5.62. The third-order valence-corrected chi connectivity index (χ3v) is 4.80. The van der Waals surface area contributed by atoms with Crippen molar-refractivity contribution in [2.45, 2.75) is 39.2 Å². The van der Waals surface area contributed by atoms with Crippen LogP contribution in [-0.2, 0) is 16.0 Å². The smallest absolute Gasteiger partial charge is 0.307 e. The molecule has 1 aromatic rings. The zero-order valence-corrected chi connectivity index (χ0v) is 13.2. The Morgan fingerprint density at radius 3 is 2.57 bits per heavy atom. The molecule has 1 amide bonds. The van der Waals surface area contributed by atoms with Crippen LogP contribution in [0.1, 0.15) is 29.5 Å². The summed E-state index contributed by atoms with van der Waals surface area (Å²) in [6.07, 6.45) is 5.47. The molecule has 0 radical (unpaired) electrons. The van der Waals surface area contributed by atoms with Gasteiger partial charge in [-0.05, 0) is 38.8 Å². The SMILES string of the molecule is Cc1ccc(CC(C)NC(=O)[C@@H]2CC=CC[C@@H]2C(=O)O)s1. The fraction of sp³-hybridized carbons (Fsp3) is 0.500. The summed E-state index contributed by atoms with van der Waals surface area (Å²) in [7, 11) is 0. The molecule has 114 valence electrons. The van der Waals surface area contributed by atoms with Gasteiger partial charge >= 0.3 is 5.97 Å². The number of aryl methyl sites for hydroxylation is 1. The van der Waals surface area contributed by atoms with Crippen LogP contribution in [0.25, 0.3) is 0 Å². The number of rotatable bonds is 5. The summed E-state index contributed by atoms with van der Waals surface area (Å²) in [6.45, 7) is 4.02. The van der Waals surface area contributed by atoms with Gasteiger partial charge in [-0.15, -0.1) is 11.3 Å². The maximum atomic E-state index is 12.3. The van der Waals surface area contributed by atoms with Crippen molar-refractivity contribution in [3.63, 3.8) is 0 Å². The second kappa shape index (κ2) is 6.89. The molecule has 0 bridgehead atoms. The summed E-state index contributed by atoms with van der Waals surface area (Å²) in [5.41, 5.74) is 0. The van der Waals surface area contributed by atoms with E-state index in [-0.39, 0.29) is 11.9 Å². The van der Waals surface area contributed by atoms with Gasteiger partial charge in [-0.2, -0.15) is 0 Å². The maximum absolute atomic E-state index is 12.3. The Morgan fingerprint density at radius 2 is 2.00 bits per heavy atom. The van der Waals surface area contributed by atoms with Crippen LogP contribution in [0.2, 0.25) is 0 Å². The largest absolute Gasteiger partial charge is 0.481 e. The van der Waals surface area contributed by atoms with E-state index in [9.17, 15) is 14.7 Å². The molecule has 21 heavy (non-hydrogen) atoms. The first-order valence-corrected chi connectivity index (χ1v) is 8.02. The Bertz CT molecular complexity index is 549. The average molecular weight is 307 g/mol. The van der Waals surface area contributed by atoms with E-state index in [1.54, 1.807) is 11.3 Å². The van der Waals surface area contributed by atoms with Crippen molar-refractivity contribution in [3.05, 3.63) is 34.0 Å². The second-order valence-corrected chi connectivity index (χ2v) is 6.99. The fourth-order valence-corrected chi connectivity index (χ4v) is 3.69. The average Bonchev–Trinajstić information content (AvgIpc) is 2.83. The lowest BCUT2D eigenvalue weighted by molar-refractivity contribution is -0.147. The molecular formula is C16H21NO3S. The Morgan fingerprint density at radius 1 is 1.33 bits per heavy atom. The molecule has 4 nitrogen and oxygen atoms in total. The van der Waals surface area contributed by atoms with Gasteiger partial charge in [0.1, 0.15) is 0 Å². The van der Waals surface area contributed by atoms with Crippen molar-refractivity contribution in [2.24, 2.45) is 11.8 Å². The molecule has 0 saturated carbocycles. The van der Waals surface area contributed by atoms with Crippen LogP contribution in [0.3, 0.4) is 0 Å². The maximum Gasteiger partial charge on any atom is 0.307 e. The minimum atomic E-state index is -0.888. The number of carboxylic acid groups (broad SMARTS) is 1. The van der Waals surface area contributed by atoms with Crippen molar-refractivity contribution < 1.29 is 14.7 Å². The Kier molecular flexibility index (Phi) is 5.17. The van der Waals surface area contributed by atoms with E-state index < -0.39 is 17.8 Å². The van der Waals surface area contributed by atoms with Gasteiger partial charge in [-0.1, -0.05) is 12.2 Å². The molecule has 3 atom stereocenters. The molecule has 1 unspecified atom stereocenters. The van der Waals surface area contributed by atoms with Gasteiger partial charge in [0.05, 0.1) is 11.8 Å². The zero-order chi connectivity index (χ0) is 15.4. The Balaban J connectivity index is 1.93. The first-order chi connectivity index (χ1) is 9.97. The van der Waals surface area contributed by atoms with Gasteiger partial charge in [-0.3, -0.25) is 9.59 Å². The van der Waals surface area contributed by atoms with E-state index in [1.807, 2.05) is 19.1 Å². The Hall–Kier alpha value is -1.62. The molecule has 1 aromatic heterocycles. The Labute approximate surface area is 128 Å². The van der Waals surface area contributed by atoms with Crippen LogP contribution in [0, 0.1) is 18.8 Å². The molecule has 0 fully saturated rings. The molecule has 1 aliphatic rings. The number of hydrogen-bond donors (Lipinski definition) is 2. The normalized spacial score (nSPS) is 22.8. The van der Waals surface area contributed by atoms with Crippen molar-refractivity contribution in [1.82, 2.24) is 5.32 Å². The summed E-state index contributed by atoms with van der Waals surface area (Å²) in [6, 6.07) is 4.16. The predicted octanol–water partition coefficient (Wildman–Crippen LogP) is 2.77. The number of amides is 1. The van der Waals surface area contributed by atoms with E-state index in [1.165, 1.54) is 9.75 Å². The quantitative estimate of drug-likeness (QED) is 0.822. The van der Waals surface area contributed by atoms with Crippen LogP contribution in [0.15, 0.2) is 24.3 Å². The molecule has 2 N–H and O–H groups in total. The number of aliphatic carboxylic acids is 1. The van der Waals surface area contributed by atoms with Gasteiger partial charge < -0.3 is 10.4 Å². The molecule has 0 saturated heterocycles. The van der Waals surface area contributed by atoms with Crippen LogP contribution in [-0.4, -0.2) is 23.0 Å².